The summed E-state index contributed by atoms with van der Waals surface area (Å²) in [5.41, 5.74) is 1.02. The van der Waals surface area contributed by atoms with Gasteiger partial charge in [0.15, 0.2) is 0 Å². The number of rotatable bonds is 4. The molecule has 0 aromatic carbocycles. The van der Waals surface area contributed by atoms with Gasteiger partial charge >= 0.3 is 0 Å². The molecule has 0 radical (unpaired) electrons. The zero-order valence-corrected chi connectivity index (χ0v) is 14.1. The molecular formula is C16H20ClN5O. The van der Waals surface area contributed by atoms with E-state index in [9.17, 15) is 0 Å². The fourth-order valence-corrected chi connectivity index (χ4v) is 2.85. The molecule has 0 bridgehead atoms. The van der Waals surface area contributed by atoms with E-state index in [0.29, 0.717) is 16.9 Å². The number of hydrogen-bond acceptors (Lipinski definition) is 6. The van der Waals surface area contributed by atoms with Gasteiger partial charge in [0.05, 0.1) is 30.2 Å². The van der Waals surface area contributed by atoms with Crippen molar-refractivity contribution in [3.63, 3.8) is 0 Å². The first kappa shape index (κ1) is 16.0. The number of nitrogens with zero attached hydrogens (tertiary/aromatic N) is 5. The first-order chi connectivity index (χ1) is 11.2. The number of halogens is 1. The third-order valence-electron chi connectivity index (χ3n) is 4.01. The highest BCUT2D eigenvalue weighted by Gasteiger charge is 2.25. The molecule has 1 atom stereocenters. The molecule has 2 aromatic heterocycles. The zero-order valence-electron chi connectivity index (χ0n) is 13.3. The summed E-state index contributed by atoms with van der Waals surface area (Å²) in [5, 5.41) is 0.560. The van der Waals surface area contributed by atoms with Crippen molar-refractivity contribution in [2.75, 3.05) is 31.6 Å². The van der Waals surface area contributed by atoms with E-state index in [1.165, 1.54) is 0 Å². The lowest BCUT2D eigenvalue weighted by Gasteiger charge is -2.39. The SMILES string of the molecule is COc1cccc(CN2CCN(c3ncc(Cl)cn3)CC2C)n1. The average Bonchev–Trinajstić information content (AvgIpc) is 2.57. The Morgan fingerprint density at radius 3 is 2.74 bits per heavy atom. The number of methoxy groups -OCH3 is 1. The molecule has 0 saturated carbocycles. The monoisotopic (exact) mass is 333 g/mol. The Kier molecular flexibility index (Phi) is 4.93. The lowest BCUT2D eigenvalue weighted by atomic mass is 10.2. The maximum absolute atomic E-state index is 5.85. The molecule has 122 valence electrons. The van der Waals surface area contributed by atoms with Crippen LogP contribution in [0, 0.1) is 0 Å². The number of anilines is 1. The minimum Gasteiger partial charge on any atom is -0.481 e. The fourth-order valence-electron chi connectivity index (χ4n) is 2.75. The second-order valence-corrected chi connectivity index (χ2v) is 6.07. The second kappa shape index (κ2) is 7.10. The van der Waals surface area contributed by atoms with Crippen LogP contribution in [0.25, 0.3) is 0 Å². The summed E-state index contributed by atoms with van der Waals surface area (Å²) in [7, 11) is 1.64. The molecule has 0 aliphatic carbocycles. The molecule has 2 aromatic rings. The zero-order chi connectivity index (χ0) is 16.2. The topological polar surface area (TPSA) is 54.4 Å². The molecule has 23 heavy (non-hydrogen) atoms. The van der Waals surface area contributed by atoms with Crippen LogP contribution < -0.4 is 9.64 Å². The number of aromatic nitrogens is 3. The number of pyridine rings is 1. The maximum Gasteiger partial charge on any atom is 0.225 e. The van der Waals surface area contributed by atoms with Crippen molar-refractivity contribution >= 4 is 17.5 Å². The Morgan fingerprint density at radius 1 is 1.26 bits per heavy atom. The van der Waals surface area contributed by atoms with Gasteiger partial charge in [0.25, 0.3) is 0 Å². The molecule has 0 spiro atoms. The van der Waals surface area contributed by atoms with Crippen LogP contribution in [-0.4, -0.2) is 52.6 Å². The van der Waals surface area contributed by atoms with Crippen LogP contribution >= 0.6 is 11.6 Å². The van der Waals surface area contributed by atoms with Crippen LogP contribution in [0.15, 0.2) is 30.6 Å². The molecule has 0 N–H and O–H groups in total. The summed E-state index contributed by atoms with van der Waals surface area (Å²) in [6.45, 7) is 5.73. The van der Waals surface area contributed by atoms with Gasteiger partial charge in [-0.05, 0) is 13.0 Å². The standard InChI is InChI=1S/C16H20ClN5O/c1-12-10-22(16-18-8-13(17)9-19-16)7-6-21(12)11-14-4-3-5-15(20-14)23-2/h3-5,8-9,12H,6-7,10-11H2,1-2H3. The Labute approximate surface area is 141 Å². The molecule has 7 heteroatoms. The Hall–Kier alpha value is -1.92. The van der Waals surface area contributed by atoms with Gasteiger partial charge in [0, 0.05) is 38.3 Å². The fraction of sp³-hybridized carbons (Fsp3) is 0.438. The van der Waals surface area contributed by atoms with Crippen molar-refractivity contribution in [1.29, 1.82) is 0 Å². The molecule has 1 unspecified atom stereocenters. The van der Waals surface area contributed by atoms with Gasteiger partial charge in [0.1, 0.15) is 0 Å². The molecule has 1 saturated heterocycles. The van der Waals surface area contributed by atoms with Crippen molar-refractivity contribution in [2.24, 2.45) is 0 Å². The average molecular weight is 334 g/mol. The highest BCUT2D eigenvalue weighted by atomic mass is 35.5. The van der Waals surface area contributed by atoms with Crippen LogP contribution in [0.1, 0.15) is 12.6 Å². The third-order valence-corrected chi connectivity index (χ3v) is 4.21. The van der Waals surface area contributed by atoms with Crippen LogP contribution in [0.3, 0.4) is 0 Å². The van der Waals surface area contributed by atoms with E-state index < -0.39 is 0 Å². The Bertz CT molecular complexity index is 651. The Balaban J connectivity index is 1.63. The molecule has 1 aliphatic heterocycles. The summed E-state index contributed by atoms with van der Waals surface area (Å²) < 4.78 is 5.19. The largest absolute Gasteiger partial charge is 0.481 e. The predicted molar refractivity (Wildman–Crippen MR) is 89.9 cm³/mol. The van der Waals surface area contributed by atoms with Gasteiger partial charge in [-0.2, -0.15) is 0 Å². The van der Waals surface area contributed by atoms with E-state index in [4.69, 9.17) is 16.3 Å². The van der Waals surface area contributed by atoms with Gasteiger partial charge in [-0.15, -0.1) is 0 Å². The van der Waals surface area contributed by atoms with Crippen LogP contribution in [0.5, 0.6) is 5.88 Å². The van der Waals surface area contributed by atoms with E-state index in [-0.39, 0.29) is 0 Å². The van der Waals surface area contributed by atoms with Gasteiger partial charge in [-0.25, -0.2) is 15.0 Å². The number of piperazine rings is 1. The van der Waals surface area contributed by atoms with E-state index >= 15 is 0 Å². The molecular weight excluding hydrogens is 314 g/mol. The molecule has 1 aliphatic rings. The van der Waals surface area contributed by atoms with Gasteiger partial charge in [-0.1, -0.05) is 17.7 Å². The normalized spacial score (nSPS) is 18.9. The van der Waals surface area contributed by atoms with Crippen LogP contribution in [0.4, 0.5) is 5.95 Å². The minimum absolute atomic E-state index is 0.385. The summed E-state index contributed by atoms with van der Waals surface area (Å²) >= 11 is 5.85. The van der Waals surface area contributed by atoms with E-state index in [1.54, 1.807) is 19.5 Å². The van der Waals surface area contributed by atoms with Crippen molar-refractivity contribution in [1.82, 2.24) is 19.9 Å². The van der Waals surface area contributed by atoms with E-state index in [2.05, 4.69) is 31.7 Å². The second-order valence-electron chi connectivity index (χ2n) is 5.64. The summed E-state index contributed by atoms with van der Waals surface area (Å²) in [5.74, 6) is 1.39. The summed E-state index contributed by atoms with van der Waals surface area (Å²) in [6, 6.07) is 6.26. The lowest BCUT2D eigenvalue weighted by Crippen LogP contribution is -2.52. The lowest BCUT2D eigenvalue weighted by molar-refractivity contribution is 0.177. The van der Waals surface area contributed by atoms with E-state index in [0.717, 1.165) is 37.8 Å². The third kappa shape index (κ3) is 3.89. The smallest absolute Gasteiger partial charge is 0.225 e. The molecule has 3 rings (SSSR count). The van der Waals surface area contributed by atoms with Crippen LogP contribution in [0.2, 0.25) is 5.02 Å². The quantitative estimate of drug-likeness (QED) is 0.855. The van der Waals surface area contributed by atoms with Crippen molar-refractivity contribution in [3.8, 4) is 5.88 Å². The molecule has 6 nitrogen and oxygen atoms in total. The van der Waals surface area contributed by atoms with Crippen molar-refractivity contribution in [2.45, 2.75) is 19.5 Å². The van der Waals surface area contributed by atoms with Gasteiger partial charge in [0.2, 0.25) is 11.8 Å². The number of hydrogen-bond donors (Lipinski definition) is 0. The minimum atomic E-state index is 0.385. The van der Waals surface area contributed by atoms with Crippen molar-refractivity contribution < 1.29 is 4.74 Å². The highest BCUT2D eigenvalue weighted by Crippen LogP contribution is 2.18. The summed E-state index contributed by atoms with van der Waals surface area (Å²) in [6.07, 6.45) is 3.28. The Morgan fingerprint density at radius 2 is 2.04 bits per heavy atom. The number of ether oxygens (including phenoxy) is 1. The maximum atomic E-state index is 5.85. The molecule has 0 amide bonds. The van der Waals surface area contributed by atoms with Crippen molar-refractivity contribution in [3.05, 3.63) is 41.3 Å². The van der Waals surface area contributed by atoms with E-state index in [1.807, 2.05) is 18.2 Å². The summed E-state index contributed by atoms with van der Waals surface area (Å²) in [4.78, 5) is 17.7. The highest BCUT2D eigenvalue weighted by molar-refractivity contribution is 6.30. The first-order valence-electron chi connectivity index (χ1n) is 7.62. The molecule has 1 fully saturated rings. The first-order valence-corrected chi connectivity index (χ1v) is 8.00. The van der Waals surface area contributed by atoms with Gasteiger partial charge in [-0.3, -0.25) is 4.90 Å². The van der Waals surface area contributed by atoms with Gasteiger partial charge < -0.3 is 9.64 Å². The molecule has 3 heterocycles. The predicted octanol–water partition coefficient (Wildman–Crippen LogP) is 2.24. The van der Waals surface area contributed by atoms with Crippen LogP contribution in [-0.2, 0) is 6.54 Å².